The van der Waals surface area contributed by atoms with E-state index in [4.69, 9.17) is 11.3 Å². The molecule has 0 aliphatic heterocycles. The van der Waals surface area contributed by atoms with Crippen LogP contribution in [-0.4, -0.2) is 4.57 Å². The van der Waals surface area contributed by atoms with Crippen molar-refractivity contribution in [2.24, 2.45) is 0 Å². The van der Waals surface area contributed by atoms with Crippen LogP contribution in [0.4, 0.5) is 18.9 Å². The number of hydrogen-bond acceptors (Lipinski definition) is 2. The van der Waals surface area contributed by atoms with E-state index in [0.717, 1.165) is 28.3 Å². The highest BCUT2D eigenvalue weighted by Crippen LogP contribution is 2.38. The normalized spacial score (nSPS) is 11.5. The zero-order chi connectivity index (χ0) is 28.5. The minimum absolute atomic E-state index is 0.0280. The van der Waals surface area contributed by atoms with Crippen LogP contribution < -0.4 is 10.3 Å². The van der Waals surface area contributed by atoms with Crippen LogP contribution in [-0.2, 0) is 12.7 Å². The van der Waals surface area contributed by atoms with E-state index in [1.807, 2.05) is 56.3 Å². The molecule has 0 spiro atoms. The standard InChI is InChI=1S/C32H29F3N2O2/c1-19(2)23-8-7-9-26(16-23)39-29-13-12-24(15-22(29)5)28-17-27(32(33,34)35)30(36-6)31(38)37(28)18-25-11-10-20(3)14-21(25)4/h7-17,19H,18H2,1-5H3. The first kappa shape index (κ1) is 27.7. The number of alkyl halides is 3. The fourth-order valence-electron chi connectivity index (χ4n) is 4.54. The van der Waals surface area contributed by atoms with Crippen molar-refractivity contribution in [3.8, 4) is 22.8 Å². The minimum Gasteiger partial charge on any atom is -0.457 e. The summed E-state index contributed by atoms with van der Waals surface area (Å²) in [7, 11) is 0. The number of pyridine rings is 1. The lowest BCUT2D eigenvalue weighted by atomic mass is 10.0. The summed E-state index contributed by atoms with van der Waals surface area (Å²) < 4.78 is 49.2. The first-order chi connectivity index (χ1) is 18.4. The van der Waals surface area contributed by atoms with Gasteiger partial charge in [-0.05, 0) is 90.9 Å². The molecule has 200 valence electrons. The Balaban J connectivity index is 1.85. The molecule has 1 heterocycles. The predicted octanol–water partition coefficient (Wildman–Crippen LogP) is 8.97. The third-order valence-corrected chi connectivity index (χ3v) is 6.74. The Hall–Kier alpha value is -4.31. The number of ether oxygens (including phenoxy) is 1. The van der Waals surface area contributed by atoms with Crippen molar-refractivity contribution in [3.05, 3.63) is 122 Å². The van der Waals surface area contributed by atoms with Gasteiger partial charge in [0.25, 0.3) is 11.2 Å². The summed E-state index contributed by atoms with van der Waals surface area (Å²) in [6, 6.07) is 19.4. The maximum absolute atomic E-state index is 13.9. The third-order valence-electron chi connectivity index (χ3n) is 6.74. The van der Waals surface area contributed by atoms with E-state index in [1.165, 1.54) is 4.57 Å². The van der Waals surface area contributed by atoms with Crippen molar-refractivity contribution in [2.45, 2.75) is 53.3 Å². The second-order valence-electron chi connectivity index (χ2n) is 10.0. The van der Waals surface area contributed by atoms with E-state index >= 15 is 0 Å². The zero-order valence-corrected chi connectivity index (χ0v) is 22.5. The first-order valence-corrected chi connectivity index (χ1v) is 12.6. The van der Waals surface area contributed by atoms with Crippen molar-refractivity contribution in [1.29, 1.82) is 0 Å². The van der Waals surface area contributed by atoms with Crippen LogP contribution in [0.15, 0.2) is 71.5 Å². The van der Waals surface area contributed by atoms with Crippen LogP contribution in [0.25, 0.3) is 16.1 Å². The summed E-state index contributed by atoms with van der Waals surface area (Å²) in [5.74, 6) is 1.54. The number of aryl methyl sites for hydroxylation is 3. The SMILES string of the molecule is [C-]#[N+]c1c(C(F)(F)F)cc(-c2ccc(Oc3cccc(C(C)C)c3)c(C)c2)n(Cc2ccc(C)cc2C)c1=O. The van der Waals surface area contributed by atoms with Crippen LogP contribution in [0.1, 0.15) is 53.1 Å². The summed E-state index contributed by atoms with van der Waals surface area (Å²) >= 11 is 0. The Labute approximate surface area is 226 Å². The topological polar surface area (TPSA) is 35.6 Å². The average molecular weight is 531 g/mol. The van der Waals surface area contributed by atoms with Crippen molar-refractivity contribution < 1.29 is 17.9 Å². The Kier molecular flexibility index (Phi) is 7.69. The highest BCUT2D eigenvalue weighted by atomic mass is 19.4. The lowest BCUT2D eigenvalue weighted by molar-refractivity contribution is -0.136. The van der Waals surface area contributed by atoms with E-state index in [0.29, 0.717) is 28.5 Å². The van der Waals surface area contributed by atoms with Gasteiger partial charge < -0.3 is 9.30 Å². The molecule has 0 radical (unpaired) electrons. The van der Waals surface area contributed by atoms with E-state index in [1.54, 1.807) is 25.1 Å². The Morgan fingerprint density at radius 1 is 0.949 bits per heavy atom. The van der Waals surface area contributed by atoms with Crippen LogP contribution in [0.3, 0.4) is 0 Å². The molecule has 1 aromatic heterocycles. The van der Waals surface area contributed by atoms with Crippen molar-refractivity contribution >= 4 is 5.69 Å². The van der Waals surface area contributed by atoms with E-state index in [9.17, 15) is 18.0 Å². The number of rotatable bonds is 6. The van der Waals surface area contributed by atoms with E-state index in [-0.39, 0.29) is 12.2 Å². The van der Waals surface area contributed by atoms with Gasteiger partial charge >= 0.3 is 6.18 Å². The largest absolute Gasteiger partial charge is 0.457 e. The molecule has 0 N–H and O–H groups in total. The van der Waals surface area contributed by atoms with E-state index < -0.39 is 23.0 Å². The number of nitrogens with zero attached hydrogens (tertiary/aromatic N) is 2. The average Bonchev–Trinajstić information content (AvgIpc) is 2.87. The molecule has 4 rings (SSSR count). The molecule has 0 saturated heterocycles. The molecule has 0 atom stereocenters. The molecule has 0 saturated carbocycles. The van der Waals surface area contributed by atoms with Gasteiger partial charge in [-0.25, -0.2) is 4.85 Å². The smallest absolute Gasteiger partial charge is 0.407 e. The summed E-state index contributed by atoms with van der Waals surface area (Å²) in [5, 5.41) is 0. The molecule has 0 unspecified atom stereocenters. The lowest BCUT2D eigenvalue weighted by Gasteiger charge is -2.20. The van der Waals surface area contributed by atoms with Gasteiger partial charge in [-0.2, -0.15) is 13.2 Å². The van der Waals surface area contributed by atoms with Gasteiger partial charge in [0.15, 0.2) is 0 Å². The van der Waals surface area contributed by atoms with Crippen LogP contribution in [0.2, 0.25) is 0 Å². The molecule has 4 nitrogen and oxygen atoms in total. The molecule has 0 fully saturated rings. The molecule has 3 aromatic carbocycles. The Morgan fingerprint density at radius 2 is 1.69 bits per heavy atom. The maximum atomic E-state index is 13.9. The number of hydrogen-bond donors (Lipinski definition) is 0. The van der Waals surface area contributed by atoms with E-state index in [2.05, 4.69) is 18.7 Å². The molecule has 39 heavy (non-hydrogen) atoms. The fraction of sp³-hybridized carbons (Fsp3) is 0.250. The Morgan fingerprint density at radius 3 is 2.31 bits per heavy atom. The molecular weight excluding hydrogens is 501 g/mol. The maximum Gasteiger partial charge on any atom is 0.407 e. The monoisotopic (exact) mass is 530 g/mol. The molecule has 0 aliphatic rings. The van der Waals surface area contributed by atoms with Gasteiger partial charge in [0.1, 0.15) is 11.5 Å². The van der Waals surface area contributed by atoms with Gasteiger partial charge in [-0.3, -0.25) is 4.79 Å². The highest BCUT2D eigenvalue weighted by Gasteiger charge is 2.36. The molecule has 0 amide bonds. The second-order valence-corrected chi connectivity index (χ2v) is 10.0. The number of halogens is 3. The molecule has 0 aliphatic carbocycles. The highest BCUT2D eigenvalue weighted by molar-refractivity contribution is 5.68. The van der Waals surface area contributed by atoms with Crippen molar-refractivity contribution in [2.75, 3.05) is 0 Å². The number of aromatic nitrogens is 1. The van der Waals surface area contributed by atoms with Gasteiger partial charge in [0.05, 0.1) is 18.7 Å². The second kappa shape index (κ2) is 10.8. The minimum atomic E-state index is -4.85. The number of benzene rings is 3. The first-order valence-electron chi connectivity index (χ1n) is 12.6. The van der Waals surface area contributed by atoms with Crippen LogP contribution in [0, 0.1) is 27.3 Å². The fourth-order valence-corrected chi connectivity index (χ4v) is 4.54. The quantitative estimate of drug-likeness (QED) is 0.233. The zero-order valence-electron chi connectivity index (χ0n) is 22.5. The van der Waals surface area contributed by atoms with Gasteiger partial charge in [-0.15, -0.1) is 0 Å². The van der Waals surface area contributed by atoms with Crippen LogP contribution in [0.5, 0.6) is 11.5 Å². The van der Waals surface area contributed by atoms with Gasteiger partial charge in [0, 0.05) is 5.69 Å². The van der Waals surface area contributed by atoms with Crippen LogP contribution >= 0.6 is 0 Å². The Bertz CT molecular complexity index is 1640. The molecule has 0 bridgehead atoms. The van der Waals surface area contributed by atoms with Crippen molar-refractivity contribution in [1.82, 2.24) is 4.57 Å². The summed E-state index contributed by atoms with van der Waals surface area (Å²) in [5.41, 5.74) is 1.88. The predicted molar refractivity (Wildman–Crippen MR) is 148 cm³/mol. The van der Waals surface area contributed by atoms with Crippen molar-refractivity contribution in [3.63, 3.8) is 0 Å². The van der Waals surface area contributed by atoms with Gasteiger partial charge in [-0.1, -0.05) is 49.7 Å². The summed E-state index contributed by atoms with van der Waals surface area (Å²) in [6.45, 7) is 17.2. The summed E-state index contributed by atoms with van der Waals surface area (Å²) in [6.07, 6.45) is -4.85. The molecule has 4 aromatic rings. The summed E-state index contributed by atoms with van der Waals surface area (Å²) in [4.78, 5) is 16.3. The molecular formula is C32H29F3N2O2. The molecule has 7 heteroatoms. The van der Waals surface area contributed by atoms with Gasteiger partial charge in [0.2, 0.25) is 0 Å². The third kappa shape index (κ3) is 5.91. The lowest BCUT2D eigenvalue weighted by Crippen LogP contribution is -2.25.